The van der Waals surface area contributed by atoms with Gasteiger partial charge in [0.05, 0.1) is 35.5 Å². The van der Waals surface area contributed by atoms with Gasteiger partial charge >= 0.3 is 0 Å². The fourth-order valence-corrected chi connectivity index (χ4v) is 5.16. The van der Waals surface area contributed by atoms with Gasteiger partial charge in [0.2, 0.25) is 5.91 Å². The number of aromatic hydroxyl groups is 1. The average Bonchev–Trinajstić information content (AvgIpc) is 2.95. The fraction of sp³-hybridized carbons (Fsp3) is 0.167. The van der Waals surface area contributed by atoms with Crippen LogP contribution in [0.25, 0.3) is 0 Å². The summed E-state index contributed by atoms with van der Waals surface area (Å²) in [5, 5.41) is 29.9. The molecule has 0 spiro atoms. The number of methoxy groups -OCH3 is 1. The van der Waals surface area contributed by atoms with Crippen molar-refractivity contribution in [3.05, 3.63) is 112 Å². The average molecular weight is 541 g/mol. The molecule has 8 nitrogen and oxygen atoms in total. The lowest BCUT2D eigenvalue weighted by Crippen LogP contribution is -2.31. The van der Waals surface area contributed by atoms with E-state index in [-0.39, 0.29) is 34.6 Å². The summed E-state index contributed by atoms with van der Waals surface area (Å²) in [7, 11) is 1.43. The van der Waals surface area contributed by atoms with Crippen LogP contribution < -0.4 is 20.7 Å². The minimum absolute atomic E-state index is 0.0571. The number of nitriles is 1. The largest absolute Gasteiger partial charge is 0.504 e. The second kappa shape index (κ2) is 12.7. The Morgan fingerprint density at radius 2 is 1.77 bits per heavy atom. The number of carbonyl (C=O) groups is 2. The van der Waals surface area contributed by atoms with E-state index in [1.54, 1.807) is 31.2 Å². The number of amides is 2. The first-order valence-electron chi connectivity index (χ1n) is 12.2. The number of phenols is 1. The predicted octanol–water partition coefficient (Wildman–Crippen LogP) is 4.79. The van der Waals surface area contributed by atoms with Gasteiger partial charge in [0.1, 0.15) is 0 Å². The first-order valence-corrected chi connectivity index (χ1v) is 13.2. The van der Waals surface area contributed by atoms with Gasteiger partial charge in [-0.3, -0.25) is 9.59 Å². The van der Waals surface area contributed by atoms with Crippen LogP contribution in [-0.4, -0.2) is 29.8 Å². The van der Waals surface area contributed by atoms with Crippen molar-refractivity contribution in [3.63, 3.8) is 0 Å². The minimum Gasteiger partial charge on any atom is -0.504 e. The topological polar surface area (TPSA) is 123 Å². The molecule has 0 aromatic heterocycles. The highest BCUT2D eigenvalue weighted by atomic mass is 32.2. The molecule has 2 amide bonds. The van der Waals surface area contributed by atoms with Crippen molar-refractivity contribution >= 4 is 29.3 Å². The number of benzene rings is 3. The Morgan fingerprint density at radius 1 is 1.08 bits per heavy atom. The van der Waals surface area contributed by atoms with Gasteiger partial charge < -0.3 is 25.8 Å². The normalized spacial score (nSPS) is 14.7. The molecule has 0 fully saturated rings. The number of carbonyl (C=O) groups excluding carboxylic acids is 2. The molecule has 1 aliphatic heterocycles. The summed E-state index contributed by atoms with van der Waals surface area (Å²) < 4.78 is 5.29. The van der Waals surface area contributed by atoms with Gasteiger partial charge in [0.15, 0.2) is 11.5 Å². The molecule has 0 radical (unpaired) electrons. The Morgan fingerprint density at radius 3 is 2.44 bits per heavy atom. The number of thioether (sulfide) groups is 1. The number of anilines is 1. The van der Waals surface area contributed by atoms with Crippen LogP contribution >= 0.6 is 11.8 Å². The van der Waals surface area contributed by atoms with E-state index in [2.05, 4.69) is 22.0 Å². The molecule has 39 heavy (non-hydrogen) atoms. The molecule has 0 saturated heterocycles. The lowest BCUT2D eigenvalue weighted by Gasteiger charge is -2.30. The van der Waals surface area contributed by atoms with Crippen molar-refractivity contribution in [1.29, 1.82) is 5.26 Å². The summed E-state index contributed by atoms with van der Waals surface area (Å²) in [4.78, 5) is 26.1. The smallest absolute Gasteiger partial charge is 0.254 e. The predicted molar refractivity (Wildman–Crippen MR) is 152 cm³/mol. The molecule has 0 saturated carbocycles. The highest BCUT2D eigenvalue weighted by molar-refractivity contribution is 8.03. The first-order chi connectivity index (χ1) is 18.9. The molecule has 3 aromatic rings. The van der Waals surface area contributed by atoms with E-state index < -0.39 is 5.92 Å². The third-order valence-electron chi connectivity index (χ3n) is 6.14. The number of allylic oxidation sites excluding steroid dienone is 2. The SMILES string of the molecule is COc1cc([C@H]2C(C#N)=C(SCC(=O)NCc3ccccc3)NC(C)=C2C(=O)Nc2ccccc2)ccc1O. The van der Waals surface area contributed by atoms with Crippen molar-refractivity contribution in [1.82, 2.24) is 10.6 Å². The zero-order chi connectivity index (χ0) is 27.8. The number of nitrogens with zero attached hydrogens (tertiary/aromatic N) is 1. The van der Waals surface area contributed by atoms with E-state index in [0.717, 1.165) is 5.56 Å². The van der Waals surface area contributed by atoms with Gasteiger partial charge in [-0.1, -0.05) is 66.4 Å². The van der Waals surface area contributed by atoms with E-state index in [0.29, 0.717) is 34.1 Å². The van der Waals surface area contributed by atoms with Crippen LogP contribution in [-0.2, 0) is 16.1 Å². The molecular weight excluding hydrogens is 512 g/mol. The summed E-state index contributed by atoms with van der Waals surface area (Å²) >= 11 is 1.19. The van der Waals surface area contributed by atoms with E-state index in [9.17, 15) is 20.0 Å². The highest BCUT2D eigenvalue weighted by Crippen LogP contribution is 2.43. The number of phenolic OH excluding ortho intramolecular Hbond substituents is 1. The van der Waals surface area contributed by atoms with Gasteiger partial charge in [-0.05, 0) is 42.3 Å². The van der Waals surface area contributed by atoms with E-state index >= 15 is 0 Å². The van der Waals surface area contributed by atoms with Crippen LogP contribution in [0.4, 0.5) is 5.69 Å². The zero-order valence-corrected chi connectivity index (χ0v) is 22.3. The van der Waals surface area contributed by atoms with Crippen molar-refractivity contribution < 1.29 is 19.4 Å². The van der Waals surface area contributed by atoms with Crippen LogP contribution in [0.2, 0.25) is 0 Å². The van der Waals surface area contributed by atoms with Crippen LogP contribution in [0, 0.1) is 11.3 Å². The van der Waals surface area contributed by atoms with Gasteiger partial charge in [-0.25, -0.2) is 0 Å². The minimum atomic E-state index is -0.760. The third kappa shape index (κ3) is 6.61. The second-order valence-corrected chi connectivity index (χ2v) is 9.74. The molecule has 1 atom stereocenters. The lowest BCUT2D eigenvalue weighted by atomic mass is 9.82. The maximum absolute atomic E-state index is 13.5. The monoisotopic (exact) mass is 540 g/mol. The van der Waals surface area contributed by atoms with Crippen molar-refractivity contribution in [3.8, 4) is 17.6 Å². The van der Waals surface area contributed by atoms with Crippen molar-refractivity contribution in [2.24, 2.45) is 0 Å². The third-order valence-corrected chi connectivity index (χ3v) is 7.16. The summed E-state index contributed by atoms with van der Waals surface area (Å²) in [6.45, 7) is 2.16. The number of rotatable bonds is 9. The van der Waals surface area contributed by atoms with E-state index in [1.165, 1.54) is 24.9 Å². The maximum Gasteiger partial charge on any atom is 0.254 e. The van der Waals surface area contributed by atoms with Crippen LogP contribution in [0.5, 0.6) is 11.5 Å². The summed E-state index contributed by atoms with van der Waals surface area (Å²) in [6, 6.07) is 25.6. The van der Waals surface area contributed by atoms with Gasteiger partial charge in [0.25, 0.3) is 5.91 Å². The highest BCUT2D eigenvalue weighted by Gasteiger charge is 2.35. The number of nitrogens with one attached hydrogen (secondary N) is 3. The molecule has 0 aliphatic carbocycles. The number of ether oxygens (including phenoxy) is 1. The molecule has 198 valence electrons. The summed E-state index contributed by atoms with van der Waals surface area (Å²) in [5.74, 6) is -1.08. The second-order valence-electron chi connectivity index (χ2n) is 8.75. The van der Waals surface area contributed by atoms with Gasteiger partial charge in [-0.2, -0.15) is 5.26 Å². The molecule has 9 heteroatoms. The van der Waals surface area contributed by atoms with Crippen LogP contribution in [0.1, 0.15) is 24.0 Å². The maximum atomic E-state index is 13.5. The summed E-state index contributed by atoms with van der Waals surface area (Å²) in [6.07, 6.45) is 0. The molecule has 1 heterocycles. The Balaban J connectivity index is 1.63. The fourth-order valence-electron chi connectivity index (χ4n) is 4.24. The van der Waals surface area contributed by atoms with E-state index in [4.69, 9.17) is 4.74 Å². The number of para-hydroxylation sites is 1. The van der Waals surface area contributed by atoms with Gasteiger partial charge in [0, 0.05) is 23.5 Å². The molecule has 4 N–H and O–H groups in total. The quantitative estimate of drug-likeness (QED) is 0.308. The number of dihydropyridines is 1. The molecule has 4 rings (SSSR count). The Bertz CT molecular complexity index is 1460. The Hall–Kier alpha value is -4.68. The Labute approximate surface area is 231 Å². The lowest BCUT2D eigenvalue weighted by molar-refractivity contribution is -0.118. The number of hydrogen-bond donors (Lipinski definition) is 4. The van der Waals surface area contributed by atoms with E-state index in [1.807, 2.05) is 48.5 Å². The molecule has 0 bridgehead atoms. The number of hydrogen-bond acceptors (Lipinski definition) is 7. The first kappa shape index (κ1) is 27.4. The molecular formula is C30H28N4O4S. The van der Waals surface area contributed by atoms with Crippen LogP contribution in [0.15, 0.2) is 101 Å². The molecule has 1 aliphatic rings. The van der Waals surface area contributed by atoms with Gasteiger partial charge in [-0.15, -0.1) is 0 Å². The van der Waals surface area contributed by atoms with Crippen molar-refractivity contribution in [2.45, 2.75) is 19.4 Å². The Kier molecular flexibility index (Phi) is 8.92. The van der Waals surface area contributed by atoms with Crippen LogP contribution in [0.3, 0.4) is 0 Å². The zero-order valence-electron chi connectivity index (χ0n) is 21.5. The molecule has 3 aromatic carbocycles. The molecule has 0 unspecified atom stereocenters. The standard InChI is InChI=1S/C30H28N4O4S/c1-19-27(29(37)34-22-11-7-4-8-12-22)28(21-13-14-24(35)25(15-21)38-2)23(16-31)30(33-19)39-18-26(36)32-17-20-9-5-3-6-10-20/h3-15,28,33,35H,17-18H2,1-2H3,(H,32,36)(H,34,37)/t28-/m0/s1. The summed E-state index contributed by atoms with van der Waals surface area (Å²) in [5.41, 5.74) is 3.37. The van der Waals surface area contributed by atoms with Crippen molar-refractivity contribution in [2.75, 3.05) is 18.2 Å².